The van der Waals surface area contributed by atoms with Gasteiger partial charge in [-0.2, -0.15) is 4.31 Å². The molecule has 7 heteroatoms. The zero-order chi connectivity index (χ0) is 13.9. The fourth-order valence-electron chi connectivity index (χ4n) is 2.53. The molecule has 0 amide bonds. The van der Waals surface area contributed by atoms with Gasteiger partial charge in [-0.25, -0.2) is 13.4 Å². The van der Waals surface area contributed by atoms with Gasteiger partial charge >= 0.3 is 0 Å². The van der Waals surface area contributed by atoms with E-state index in [9.17, 15) is 8.42 Å². The number of aryl methyl sites for hydroxylation is 1. The van der Waals surface area contributed by atoms with Gasteiger partial charge in [-0.1, -0.05) is 0 Å². The molecule has 0 saturated carbocycles. The minimum absolute atomic E-state index is 0.0836. The number of hydrogen-bond acceptors (Lipinski definition) is 4. The summed E-state index contributed by atoms with van der Waals surface area (Å²) in [5.41, 5.74) is 5.51. The van der Waals surface area contributed by atoms with Crippen LogP contribution in [-0.2, 0) is 16.6 Å². The molecule has 1 unspecified atom stereocenters. The van der Waals surface area contributed by atoms with Crippen molar-refractivity contribution in [1.82, 2.24) is 13.9 Å². The standard InChI is InChI=1S/C12H22N4O2S/c1-2-15-9-12(14-10-15)19(17,18)16-8-4-6-11(16)5-3-7-13/h9-11H,2-8,13H2,1H3. The van der Waals surface area contributed by atoms with Crippen molar-refractivity contribution in [1.29, 1.82) is 0 Å². The maximum Gasteiger partial charge on any atom is 0.262 e. The van der Waals surface area contributed by atoms with Crippen LogP contribution in [0.4, 0.5) is 0 Å². The molecular weight excluding hydrogens is 264 g/mol. The van der Waals surface area contributed by atoms with Crippen molar-refractivity contribution in [3.63, 3.8) is 0 Å². The third-order valence-electron chi connectivity index (χ3n) is 3.61. The van der Waals surface area contributed by atoms with Crippen molar-refractivity contribution in [3.05, 3.63) is 12.5 Å². The first kappa shape index (κ1) is 14.5. The van der Waals surface area contributed by atoms with Crippen LogP contribution in [0.25, 0.3) is 0 Å². The van der Waals surface area contributed by atoms with Crippen LogP contribution >= 0.6 is 0 Å². The van der Waals surface area contributed by atoms with E-state index in [-0.39, 0.29) is 11.1 Å². The van der Waals surface area contributed by atoms with E-state index >= 15 is 0 Å². The summed E-state index contributed by atoms with van der Waals surface area (Å²) >= 11 is 0. The van der Waals surface area contributed by atoms with Gasteiger partial charge in [0.05, 0.1) is 6.33 Å². The average Bonchev–Trinajstić information content (AvgIpc) is 3.05. The number of sulfonamides is 1. The van der Waals surface area contributed by atoms with Crippen LogP contribution in [-0.4, -0.2) is 41.4 Å². The van der Waals surface area contributed by atoms with Gasteiger partial charge in [0.25, 0.3) is 10.0 Å². The number of aromatic nitrogens is 2. The van der Waals surface area contributed by atoms with Gasteiger partial charge in [0, 0.05) is 25.3 Å². The van der Waals surface area contributed by atoms with Gasteiger partial charge in [-0.15, -0.1) is 0 Å². The molecule has 1 aromatic heterocycles. The zero-order valence-electron chi connectivity index (χ0n) is 11.3. The zero-order valence-corrected chi connectivity index (χ0v) is 12.1. The summed E-state index contributed by atoms with van der Waals surface area (Å²) in [5.74, 6) is 0. The quantitative estimate of drug-likeness (QED) is 0.838. The Kier molecular flexibility index (Phi) is 4.59. The van der Waals surface area contributed by atoms with Crippen LogP contribution in [0.2, 0.25) is 0 Å². The lowest BCUT2D eigenvalue weighted by Crippen LogP contribution is -2.36. The minimum atomic E-state index is -3.45. The van der Waals surface area contributed by atoms with Gasteiger partial charge in [0.2, 0.25) is 0 Å². The van der Waals surface area contributed by atoms with Gasteiger partial charge in [0.15, 0.2) is 5.03 Å². The van der Waals surface area contributed by atoms with E-state index in [0.717, 1.165) is 32.2 Å². The van der Waals surface area contributed by atoms with E-state index in [4.69, 9.17) is 5.73 Å². The molecule has 2 N–H and O–H groups in total. The highest BCUT2D eigenvalue weighted by Crippen LogP contribution is 2.27. The predicted octanol–water partition coefficient (Wildman–Crippen LogP) is 0.795. The summed E-state index contributed by atoms with van der Waals surface area (Å²) in [6, 6.07) is 0.0836. The van der Waals surface area contributed by atoms with E-state index in [1.165, 1.54) is 0 Å². The normalized spacial score (nSPS) is 21.1. The molecule has 108 valence electrons. The maximum atomic E-state index is 12.6. The Morgan fingerprint density at radius 2 is 2.32 bits per heavy atom. The van der Waals surface area contributed by atoms with Crippen LogP contribution in [0, 0.1) is 0 Å². The highest BCUT2D eigenvalue weighted by atomic mass is 32.2. The monoisotopic (exact) mass is 286 g/mol. The topological polar surface area (TPSA) is 81.2 Å². The Hall–Kier alpha value is -0.920. The summed E-state index contributed by atoms with van der Waals surface area (Å²) in [7, 11) is -3.45. The van der Waals surface area contributed by atoms with Gasteiger partial charge in [0.1, 0.15) is 0 Å². The SMILES string of the molecule is CCn1cnc(S(=O)(=O)N2CCCC2CCCN)c1. The molecule has 2 heterocycles. The molecule has 0 aliphatic carbocycles. The molecule has 6 nitrogen and oxygen atoms in total. The minimum Gasteiger partial charge on any atom is -0.336 e. The molecule has 0 radical (unpaired) electrons. The molecule has 1 aromatic rings. The molecule has 0 bridgehead atoms. The number of imidazole rings is 1. The molecule has 19 heavy (non-hydrogen) atoms. The van der Waals surface area contributed by atoms with E-state index < -0.39 is 10.0 Å². The molecule has 1 fully saturated rings. The lowest BCUT2D eigenvalue weighted by atomic mass is 10.1. The Morgan fingerprint density at radius 1 is 1.53 bits per heavy atom. The second-order valence-corrected chi connectivity index (χ2v) is 6.72. The van der Waals surface area contributed by atoms with Crippen LogP contribution in [0.3, 0.4) is 0 Å². The molecule has 1 saturated heterocycles. The Labute approximate surface area is 114 Å². The van der Waals surface area contributed by atoms with Crippen molar-refractivity contribution in [2.45, 2.75) is 50.2 Å². The van der Waals surface area contributed by atoms with E-state index in [2.05, 4.69) is 4.98 Å². The summed E-state index contributed by atoms with van der Waals surface area (Å²) < 4.78 is 28.5. The summed E-state index contributed by atoms with van der Waals surface area (Å²) in [6.07, 6.45) is 6.71. The summed E-state index contributed by atoms with van der Waals surface area (Å²) in [4.78, 5) is 4.03. The number of nitrogens with zero attached hydrogens (tertiary/aromatic N) is 3. The maximum absolute atomic E-state index is 12.6. The Bertz CT molecular complexity index is 512. The lowest BCUT2D eigenvalue weighted by Gasteiger charge is -2.22. The number of rotatable bonds is 6. The van der Waals surface area contributed by atoms with Crippen molar-refractivity contribution in [3.8, 4) is 0 Å². The molecule has 0 spiro atoms. The second kappa shape index (κ2) is 6.02. The number of nitrogens with two attached hydrogens (primary N) is 1. The van der Waals surface area contributed by atoms with Crippen LogP contribution < -0.4 is 5.73 Å². The predicted molar refractivity (Wildman–Crippen MR) is 73.1 cm³/mol. The highest BCUT2D eigenvalue weighted by Gasteiger charge is 2.35. The van der Waals surface area contributed by atoms with Gasteiger partial charge in [-0.05, 0) is 39.2 Å². The molecule has 1 atom stereocenters. The highest BCUT2D eigenvalue weighted by molar-refractivity contribution is 7.89. The first-order valence-electron chi connectivity index (χ1n) is 6.83. The van der Waals surface area contributed by atoms with Crippen LogP contribution in [0.5, 0.6) is 0 Å². The molecular formula is C12H22N4O2S. The third kappa shape index (κ3) is 2.98. The van der Waals surface area contributed by atoms with Gasteiger partial charge in [-0.3, -0.25) is 0 Å². The van der Waals surface area contributed by atoms with Crippen LogP contribution in [0.1, 0.15) is 32.6 Å². The average molecular weight is 286 g/mol. The van der Waals surface area contributed by atoms with E-state index in [1.54, 1.807) is 21.4 Å². The summed E-state index contributed by atoms with van der Waals surface area (Å²) in [5, 5.41) is 0.161. The first-order chi connectivity index (χ1) is 9.09. The first-order valence-corrected chi connectivity index (χ1v) is 8.27. The van der Waals surface area contributed by atoms with Crippen molar-refractivity contribution in [2.75, 3.05) is 13.1 Å². The van der Waals surface area contributed by atoms with E-state index in [1.807, 2.05) is 6.92 Å². The second-order valence-electron chi connectivity index (χ2n) is 4.89. The molecule has 2 rings (SSSR count). The van der Waals surface area contributed by atoms with Crippen molar-refractivity contribution in [2.24, 2.45) is 5.73 Å². The van der Waals surface area contributed by atoms with Crippen molar-refractivity contribution >= 4 is 10.0 Å². The van der Waals surface area contributed by atoms with E-state index in [0.29, 0.717) is 13.1 Å². The molecule has 1 aliphatic heterocycles. The Morgan fingerprint density at radius 3 is 2.95 bits per heavy atom. The van der Waals surface area contributed by atoms with Crippen molar-refractivity contribution < 1.29 is 8.42 Å². The third-order valence-corrected chi connectivity index (χ3v) is 5.45. The molecule has 0 aromatic carbocycles. The fourth-order valence-corrected chi connectivity index (χ4v) is 4.20. The summed E-state index contributed by atoms with van der Waals surface area (Å²) in [6.45, 7) is 3.88. The lowest BCUT2D eigenvalue weighted by molar-refractivity contribution is 0.364. The van der Waals surface area contributed by atoms with Gasteiger partial charge < -0.3 is 10.3 Å². The molecule has 1 aliphatic rings. The fraction of sp³-hybridized carbons (Fsp3) is 0.750. The smallest absolute Gasteiger partial charge is 0.262 e. The van der Waals surface area contributed by atoms with Crippen LogP contribution in [0.15, 0.2) is 17.6 Å². The number of hydrogen-bond donors (Lipinski definition) is 1. The largest absolute Gasteiger partial charge is 0.336 e. The Balaban J connectivity index is 2.18.